The van der Waals surface area contributed by atoms with Crippen molar-refractivity contribution < 1.29 is 71.6 Å². The molecule has 0 heterocycles. The second-order valence-electron chi connectivity index (χ2n) is 0.456. The molecule has 0 aromatic rings. The zero-order valence-corrected chi connectivity index (χ0v) is 6.91. The van der Waals surface area contributed by atoms with Crippen LogP contribution in [-0.4, -0.2) is 22.8 Å². The summed E-state index contributed by atoms with van der Waals surface area (Å²) in [6.07, 6.45) is -0.167. The predicted molar refractivity (Wildman–Crippen MR) is 15.6 cm³/mol. The Labute approximate surface area is 82.6 Å². The quantitative estimate of drug-likeness (QED) is 0.223. The van der Waals surface area contributed by atoms with E-state index in [0.717, 1.165) is 0 Å². The average molecular weight is 130 g/mol. The third kappa shape index (κ3) is 20.2. The molecule has 0 bridgehead atoms. The molecule has 7 heavy (non-hydrogen) atoms. The van der Waals surface area contributed by atoms with Crippen LogP contribution < -0.4 is 51.4 Å². The van der Waals surface area contributed by atoms with Crippen LogP contribution in [0.5, 0.6) is 0 Å². The van der Waals surface area contributed by atoms with Crippen molar-refractivity contribution in [2.24, 2.45) is 0 Å². The number of aldehydes is 1. The molecule has 36 valence electrons. The summed E-state index contributed by atoms with van der Waals surface area (Å²) in [5, 5.41) is 7.35. The van der Waals surface area contributed by atoms with E-state index in [2.05, 4.69) is 0 Å². The molecule has 5 heteroatoms. The fourth-order valence-electron chi connectivity index (χ4n) is 0. The molecular weight excluding hydrogens is 127 g/mol. The molecule has 0 saturated carbocycles. The van der Waals surface area contributed by atoms with Crippen LogP contribution in [0.2, 0.25) is 0 Å². The molecule has 0 aromatic carbocycles. The van der Waals surface area contributed by atoms with E-state index in [1.807, 2.05) is 0 Å². The van der Waals surface area contributed by atoms with Crippen LogP contribution in [0.1, 0.15) is 0 Å². The van der Waals surface area contributed by atoms with Gasteiger partial charge in [-0.25, -0.2) is 4.79 Å². The summed E-state index contributed by atoms with van der Waals surface area (Å²) in [5.41, 5.74) is 0. The molecule has 0 aliphatic rings. The van der Waals surface area contributed by atoms with Crippen LogP contribution in [0, 0.1) is 0 Å². The van der Waals surface area contributed by atoms with Gasteiger partial charge in [0.15, 0.2) is 0 Å². The van der Waals surface area contributed by atoms with Gasteiger partial charge in [-0.05, 0) is 0 Å². The van der Waals surface area contributed by atoms with Gasteiger partial charge in [0, 0.05) is 0 Å². The van der Waals surface area contributed by atoms with Gasteiger partial charge >= 0.3 is 57.4 Å². The van der Waals surface area contributed by atoms with E-state index in [1.54, 1.807) is 0 Å². The van der Waals surface area contributed by atoms with E-state index in [-0.39, 0.29) is 63.1 Å². The maximum atomic E-state index is 9.00. The largest absolute Gasteiger partial charge is 1.00 e. The van der Waals surface area contributed by atoms with Crippen molar-refractivity contribution in [3.63, 3.8) is 0 Å². The molecule has 0 rings (SSSR count). The van der Waals surface area contributed by atoms with E-state index in [0.29, 0.717) is 0 Å². The first-order valence-corrected chi connectivity index (χ1v) is 0.952. The summed E-state index contributed by atoms with van der Waals surface area (Å²) < 4.78 is 0. The van der Waals surface area contributed by atoms with Gasteiger partial charge in [0.1, 0.15) is 0 Å². The normalized spacial score (nSPS) is 4.57. The summed E-state index contributed by atoms with van der Waals surface area (Å²) >= 11 is 0. The number of carbonyl (C=O) groups excluding carboxylic acids is 1. The molecule has 0 amide bonds. The maximum Gasteiger partial charge on any atom is 1.00 e. The fourth-order valence-corrected chi connectivity index (χ4v) is 0. The van der Waals surface area contributed by atoms with Crippen molar-refractivity contribution in [1.82, 2.24) is 0 Å². The van der Waals surface area contributed by atoms with Crippen molar-refractivity contribution in [1.29, 1.82) is 0 Å². The van der Waals surface area contributed by atoms with Crippen molar-refractivity contribution >= 4 is 12.3 Å². The van der Waals surface area contributed by atoms with Crippen LogP contribution in [-0.2, 0) is 9.59 Å². The minimum Gasteiger partial charge on any atom is -0.870 e. The molecule has 0 aliphatic heterocycles. The topological polar surface area (TPSA) is 84.4 Å². The molecule has 4 nitrogen and oxygen atoms in total. The maximum absolute atomic E-state index is 9.00. The van der Waals surface area contributed by atoms with E-state index < -0.39 is 5.97 Å². The van der Waals surface area contributed by atoms with Gasteiger partial charge < -0.3 is 10.6 Å². The molecule has 2 N–H and O–H groups in total. The van der Waals surface area contributed by atoms with Gasteiger partial charge in [-0.1, -0.05) is 0 Å². The molecule has 0 aliphatic carbocycles. The van der Waals surface area contributed by atoms with Gasteiger partial charge in [0.2, 0.25) is 6.29 Å². The minimum absolute atomic E-state index is 0. The average Bonchev–Trinajstić information content (AvgIpc) is 1.38. The van der Waals surface area contributed by atoms with Crippen LogP contribution in [0.25, 0.3) is 0 Å². The van der Waals surface area contributed by atoms with Crippen molar-refractivity contribution in [2.45, 2.75) is 0 Å². The van der Waals surface area contributed by atoms with Crippen LogP contribution in [0.3, 0.4) is 0 Å². The van der Waals surface area contributed by atoms with Gasteiger partial charge in [0.05, 0.1) is 0 Å². The molecule has 0 spiro atoms. The number of carboxylic acid groups (broad SMARTS) is 1. The Kier molecular flexibility index (Phi) is 22.1. The monoisotopic (exact) mass is 130 g/mol. The summed E-state index contributed by atoms with van der Waals surface area (Å²) in [5.74, 6) is -1.43. The smallest absolute Gasteiger partial charge is 0.870 e. The Morgan fingerprint density at radius 2 is 1.71 bits per heavy atom. The number of aliphatic carboxylic acids is 1. The van der Waals surface area contributed by atoms with Crippen molar-refractivity contribution in [2.75, 3.05) is 0 Å². The molecule has 0 unspecified atom stereocenters. The number of rotatable bonds is 1. The Morgan fingerprint density at radius 3 is 1.71 bits per heavy atom. The summed E-state index contributed by atoms with van der Waals surface area (Å²) in [4.78, 5) is 17.9. The first-order chi connectivity index (χ1) is 2.27. The van der Waals surface area contributed by atoms with E-state index >= 15 is 0 Å². The predicted octanol–water partition coefficient (Wildman–Crippen LogP) is -3.90. The third-order valence-corrected chi connectivity index (χ3v) is 0.101. The number of hydrogen-bond acceptors (Lipinski definition) is 3. The van der Waals surface area contributed by atoms with Crippen LogP contribution in [0.4, 0.5) is 0 Å². The van der Waals surface area contributed by atoms with Crippen molar-refractivity contribution in [3.8, 4) is 0 Å². The second-order valence-corrected chi connectivity index (χ2v) is 0.456. The SMILES string of the molecule is O=CC(=O)O.[K+].[OH-]. The number of carboxylic acids is 1. The minimum atomic E-state index is -1.43. The molecular formula is C2H3KO4. The first-order valence-electron chi connectivity index (χ1n) is 0.952. The van der Waals surface area contributed by atoms with Crippen molar-refractivity contribution in [3.05, 3.63) is 0 Å². The van der Waals surface area contributed by atoms with E-state index in [4.69, 9.17) is 14.7 Å². The number of hydrogen-bond donors (Lipinski definition) is 1. The van der Waals surface area contributed by atoms with Gasteiger partial charge in [-0.15, -0.1) is 0 Å². The number of carbonyl (C=O) groups is 2. The Bertz CT molecular complexity index is 60.7. The Balaban J connectivity index is -0.0000000800. The fraction of sp³-hybridized carbons (Fsp3) is 0. The van der Waals surface area contributed by atoms with Gasteiger partial charge in [-0.2, -0.15) is 0 Å². The van der Waals surface area contributed by atoms with E-state index in [9.17, 15) is 0 Å². The van der Waals surface area contributed by atoms with Crippen LogP contribution in [0.15, 0.2) is 0 Å². The summed E-state index contributed by atoms with van der Waals surface area (Å²) in [6.45, 7) is 0. The molecule has 0 aromatic heterocycles. The van der Waals surface area contributed by atoms with Crippen LogP contribution >= 0.6 is 0 Å². The standard InChI is InChI=1S/C2H2O3.K.H2O/c3-1-2(4)5;;/h1H,(H,4,5);;1H2/q;+1;/p-1. The summed E-state index contributed by atoms with van der Waals surface area (Å²) in [6, 6.07) is 0. The summed E-state index contributed by atoms with van der Waals surface area (Å²) in [7, 11) is 0. The third-order valence-electron chi connectivity index (χ3n) is 0.101. The zero-order chi connectivity index (χ0) is 4.28. The van der Waals surface area contributed by atoms with E-state index in [1.165, 1.54) is 0 Å². The Morgan fingerprint density at radius 1 is 1.57 bits per heavy atom. The molecule has 0 fully saturated rings. The van der Waals surface area contributed by atoms with Gasteiger partial charge in [0.25, 0.3) is 0 Å². The molecule has 0 atom stereocenters. The Hall–Kier alpha value is 0.736. The molecule has 0 radical (unpaired) electrons. The second kappa shape index (κ2) is 9.88. The first kappa shape index (κ1) is 15.6. The molecule has 0 saturated heterocycles. The van der Waals surface area contributed by atoms with Gasteiger partial charge in [-0.3, -0.25) is 4.79 Å². The zero-order valence-electron chi connectivity index (χ0n) is 3.79.